The minimum absolute atomic E-state index is 0.0754. The highest BCUT2D eigenvalue weighted by Crippen LogP contribution is 2.38. The van der Waals surface area contributed by atoms with Crippen LogP contribution >= 0.6 is 11.3 Å². The molecule has 2 atom stereocenters. The average molecular weight is 474 g/mol. The maximum absolute atomic E-state index is 14.7. The molecule has 7 nitrogen and oxygen atoms in total. The quantitative estimate of drug-likeness (QED) is 0.370. The predicted molar refractivity (Wildman–Crippen MR) is 122 cm³/mol. The van der Waals surface area contributed by atoms with Crippen molar-refractivity contribution in [2.24, 2.45) is 0 Å². The third-order valence-corrected chi connectivity index (χ3v) is 6.99. The van der Waals surface area contributed by atoms with Crippen LogP contribution < -0.4 is 5.56 Å². The van der Waals surface area contributed by atoms with Crippen molar-refractivity contribution in [1.29, 1.82) is 0 Å². The van der Waals surface area contributed by atoms with Gasteiger partial charge in [0, 0.05) is 16.5 Å². The van der Waals surface area contributed by atoms with Gasteiger partial charge in [0.25, 0.3) is 5.56 Å². The van der Waals surface area contributed by atoms with E-state index < -0.39 is 23.3 Å². The lowest BCUT2D eigenvalue weighted by Gasteiger charge is -2.33. The van der Waals surface area contributed by atoms with Crippen molar-refractivity contribution in [3.05, 3.63) is 74.7 Å². The zero-order valence-electron chi connectivity index (χ0n) is 18.6. The highest BCUT2D eigenvalue weighted by atomic mass is 32.1. The normalized spacial score (nSPS) is 14.5. The van der Waals surface area contributed by atoms with E-state index in [0.717, 1.165) is 48.3 Å². The van der Waals surface area contributed by atoms with Crippen LogP contribution in [0.25, 0.3) is 10.2 Å². The van der Waals surface area contributed by atoms with E-state index in [0.29, 0.717) is 16.3 Å². The van der Waals surface area contributed by atoms with Crippen molar-refractivity contribution in [2.45, 2.75) is 58.1 Å². The van der Waals surface area contributed by atoms with Crippen LogP contribution in [0.3, 0.4) is 0 Å². The van der Waals surface area contributed by atoms with E-state index in [1.807, 2.05) is 6.92 Å². The third-order valence-electron chi connectivity index (χ3n) is 5.93. The Morgan fingerprint density at radius 1 is 1.27 bits per heavy atom. The number of aromatic nitrogens is 5. The Kier molecular flexibility index (Phi) is 6.40. The largest absolute Gasteiger partial charge is 0.383 e. The zero-order valence-corrected chi connectivity index (χ0v) is 19.4. The number of benzene rings is 1. The lowest BCUT2D eigenvalue weighted by atomic mass is 9.86. The molecule has 10 heteroatoms. The van der Waals surface area contributed by atoms with Crippen molar-refractivity contribution in [2.75, 3.05) is 0 Å². The van der Waals surface area contributed by atoms with Crippen LogP contribution in [-0.4, -0.2) is 29.8 Å². The van der Waals surface area contributed by atoms with E-state index in [1.54, 1.807) is 0 Å². The van der Waals surface area contributed by atoms with E-state index in [-0.39, 0.29) is 16.9 Å². The van der Waals surface area contributed by atoms with Crippen LogP contribution in [0.2, 0.25) is 0 Å². The number of aryl methyl sites for hydroxylation is 2. The number of halogens is 2. The average Bonchev–Trinajstić information content (AvgIpc) is 3.38. The summed E-state index contributed by atoms with van der Waals surface area (Å²) in [5.41, 5.74) is -1.60. The van der Waals surface area contributed by atoms with Gasteiger partial charge in [-0.1, -0.05) is 25.8 Å². The summed E-state index contributed by atoms with van der Waals surface area (Å²) in [5.74, 6) is -1.63. The van der Waals surface area contributed by atoms with Crippen LogP contribution in [0, 0.1) is 18.6 Å². The number of rotatable bonds is 8. The molecule has 2 N–H and O–H groups in total. The first-order valence-electron chi connectivity index (χ1n) is 10.8. The first-order chi connectivity index (χ1) is 15.8. The first kappa shape index (κ1) is 23.2. The van der Waals surface area contributed by atoms with Gasteiger partial charge in [-0.2, -0.15) is 5.10 Å². The summed E-state index contributed by atoms with van der Waals surface area (Å²) in [7, 11) is 0. The molecule has 0 bridgehead atoms. The van der Waals surface area contributed by atoms with Crippen molar-refractivity contribution in [3.8, 4) is 0 Å². The van der Waals surface area contributed by atoms with Crippen LogP contribution in [0.4, 0.5) is 8.78 Å². The smallest absolute Gasteiger partial charge is 0.263 e. The van der Waals surface area contributed by atoms with Crippen molar-refractivity contribution in [1.82, 2.24) is 24.7 Å². The van der Waals surface area contributed by atoms with Crippen LogP contribution in [0.15, 0.2) is 35.6 Å². The maximum atomic E-state index is 14.7. The molecule has 33 heavy (non-hydrogen) atoms. The second kappa shape index (κ2) is 9.11. The van der Waals surface area contributed by atoms with Gasteiger partial charge in [-0.05, 0) is 38.3 Å². The summed E-state index contributed by atoms with van der Waals surface area (Å²) in [4.78, 5) is 24.0. The molecule has 0 aliphatic rings. The molecular weight excluding hydrogens is 448 g/mol. The number of hydrogen-bond donors (Lipinski definition) is 2. The molecule has 4 rings (SSSR count). The number of nitrogens with zero attached hydrogens (tertiary/aromatic N) is 4. The molecule has 3 heterocycles. The Hall–Kier alpha value is -2.98. The van der Waals surface area contributed by atoms with E-state index >= 15 is 0 Å². The number of unbranched alkanes of at least 4 members (excludes halogenated alkanes) is 2. The summed E-state index contributed by atoms with van der Waals surface area (Å²) in [5, 5.41) is 18.7. The minimum Gasteiger partial charge on any atom is -0.383 e. The molecule has 1 aromatic carbocycles. The Morgan fingerprint density at radius 3 is 2.73 bits per heavy atom. The second-order valence-electron chi connectivity index (χ2n) is 8.26. The van der Waals surface area contributed by atoms with Gasteiger partial charge in [-0.25, -0.2) is 18.7 Å². The lowest BCUT2D eigenvalue weighted by molar-refractivity contribution is 0.00818. The van der Waals surface area contributed by atoms with Gasteiger partial charge >= 0.3 is 0 Å². The summed E-state index contributed by atoms with van der Waals surface area (Å²) in [6.07, 6.45) is 6.43. The number of thiophene rings is 1. The van der Waals surface area contributed by atoms with Gasteiger partial charge < -0.3 is 5.11 Å². The molecule has 0 fully saturated rings. The third kappa shape index (κ3) is 4.20. The van der Waals surface area contributed by atoms with Crippen LogP contribution in [0.1, 0.15) is 61.0 Å². The maximum Gasteiger partial charge on any atom is 0.263 e. The number of H-pyrrole nitrogens is 1. The summed E-state index contributed by atoms with van der Waals surface area (Å²) < 4.78 is 29.5. The van der Waals surface area contributed by atoms with E-state index in [1.165, 1.54) is 35.5 Å². The molecule has 2 unspecified atom stereocenters. The summed E-state index contributed by atoms with van der Waals surface area (Å²) in [6, 6.07) is 1.70. The molecule has 0 amide bonds. The fraction of sp³-hybridized carbons (Fsp3) is 0.391. The topological polar surface area (TPSA) is 96.7 Å². The SMILES string of the molecule is CCCCCc1c(C)sc2ncn(C(c3nc[nH]n3)C(C)(O)c3ccc(F)cc3F)c(=O)c12. The van der Waals surface area contributed by atoms with Crippen molar-refractivity contribution in [3.63, 3.8) is 0 Å². The first-order valence-corrected chi connectivity index (χ1v) is 11.6. The van der Waals surface area contributed by atoms with Crippen LogP contribution in [-0.2, 0) is 12.0 Å². The monoisotopic (exact) mass is 473 g/mol. The molecule has 0 spiro atoms. The van der Waals surface area contributed by atoms with Crippen molar-refractivity contribution < 1.29 is 13.9 Å². The number of aliphatic hydroxyl groups is 1. The van der Waals surface area contributed by atoms with Crippen molar-refractivity contribution >= 4 is 21.6 Å². The number of fused-ring (bicyclic) bond motifs is 1. The molecule has 4 aromatic rings. The number of hydrogen-bond acceptors (Lipinski definition) is 6. The van der Waals surface area contributed by atoms with Gasteiger partial charge in [-0.3, -0.25) is 14.5 Å². The van der Waals surface area contributed by atoms with Gasteiger partial charge in [0.05, 0.1) is 11.7 Å². The fourth-order valence-electron chi connectivity index (χ4n) is 4.25. The Labute approximate surface area is 193 Å². The molecule has 0 radical (unpaired) electrons. The standard InChI is InChI=1S/C23H25F2N5O2S/c1-4-5-6-7-15-13(2)33-21-18(15)22(31)30(12-27-21)19(20-26-11-28-29-20)23(3,32)16-9-8-14(24)10-17(16)25/h8-12,19,32H,4-7H2,1-3H3,(H,26,28,29). The van der Waals surface area contributed by atoms with Crippen LogP contribution in [0.5, 0.6) is 0 Å². The molecule has 174 valence electrons. The Morgan fingerprint density at radius 2 is 2.06 bits per heavy atom. The molecule has 0 saturated heterocycles. The second-order valence-corrected chi connectivity index (χ2v) is 9.47. The lowest BCUT2D eigenvalue weighted by Crippen LogP contribution is -2.41. The highest BCUT2D eigenvalue weighted by Gasteiger charge is 2.42. The number of nitrogens with one attached hydrogen (secondary N) is 1. The predicted octanol–water partition coefficient (Wildman–Crippen LogP) is 4.39. The Bertz CT molecular complexity index is 1330. The summed E-state index contributed by atoms with van der Waals surface area (Å²) in [6.45, 7) is 5.43. The molecule has 0 aliphatic heterocycles. The van der Waals surface area contributed by atoms with Gasteiger partial charge in [0.2, 0.25) is 0 Å². The molecule has 0 saturated carbocycles. The van der Waals surface area contributed by atoms with Gasteiger partial charge in [0.1, 0.15) is 34.4 Å². The van der Waals surface area contributed by atoms with Gasteiger partial charge in [-0.15, -0.1) is 11.3 Å². The minimum atomic E-state index is -1.99. The number of aromatic amines is 1. The van der Waals surface area contributed by atoms with Gasteiger partial charge in [0.15, 0.2) is 5.82 Å². The molecule has 0 aliphatic carbocycles. The molecule has 3 aromatic heterocycles. The molecular formula is C23H25F2N5O2S. The zero-order chi connectivity index (χ0) is 23.8. The summed E-state index contributed by atoms with van der Waals surface area (Å²) >= 11 is 1.45. The fourth-order valence-corrected chi connectivity index (χ4v) is 5.28. The van der Waals surface area contributed by atoms with E-state index in [4.69, 9.17) is 0 Å². The Balaban J connectivity index is 1.92. The van der Waals surface area contributed by atoms with E-state index in [9.17, 15) is 18.7 Å². The highest BCUT2D eigenvalue weighted by molar-refractivity contribution is 7.18. The van der Waals surface area contributed by atoms with E-state index in [2.05, 4.69) is 27.1 Å².